The molecule has 0 radical (unpaired) electrons. The van der Waals surface area contributed by atoms with Gasteiger partial charge < -0.3 is 18.9 Å². The molecular formula is C30H30ClF2NO8S2. The molecule has 4 rings (SSSR count). The van der Waals surface area contributed by atoms with Crippen LogP contribution in [-0.4, -0.2) is 31.1 Å². The summed E-state index contributed by atoms with van der Waals surface area (Å²) in [6.07, 6.45) is 1.65. The van der Waals surface area contributed by atoms with Crippen molar-refractivity contribution in [2.24, 2.45) is 5.14 Å². The first-order valence-electron chi connectivity index (χ1n) is 13.0. The van der Waals surface area contributed by atoms with E-state index in [2.05, 4.69) is 0 Å². The van der Waals surface area contributed by atoms with E-state index < -0.39 is 30.7 Å². The number of sulfonamides is 1. The Labute approximate surface area is 259 Å². The summed E-state index contributed by atoms with van der Waals surface area (Å²) in [7, 11) is 0.202. The van der Waals surface area contributed by atoms with Gasteiger partial charge in [-0.05, 0) is 84.6 Å². The van der Waals surface area contributed by atoms with Crippen LogP contribution in [0.25, 0.3) is 0 Å². The fourth-order valence-corrected chi connectivity index (χ4v) is 5.01. The lowest BCUT2D eigenvalue weighted by Crippen LogP contribution is -2.12. The molecule has 236 valence electrons. The predicted octanol–water partition coefficient (Wildman–Crippen LogP) is 6.95. The largest absolute Gasteiger partial charge is 0.493 e. The van der Waals surface area contributed by atoms with Gasteiger partial charge in [-0.25, -0.2) is 30.8 Å². The molecule has 0 amide bonds. The highest BCUT2D eigenvalue weighted by Crippen LogP contribution is 2.35. The van der Waals surface area contributed by atoms with E-state index in [0.29, 0.717) is 23.0 Å². The third-order valence-electron chi connectivity index (χ3n) is 6.13. The number of hydrogen-bond acceptors (Lipinski definition) is 8. The minimum Gasteiger partial charge on any atom is -0.493 e. The molecule has 0 aliphatic heterocycles. The Bertz CT molecular complexity index is 1720. The van der Waals surface area contributed by atoms with E-state index in [9.17, 15) is 25.6 Å². The first-order chi connectivity index (χ1) is 20.7. The van der Waals surface area contributed by atoms with E-state index in [-0.39, 0.29) is 21.3 Å². The number of aryl methyl sites for hydroxylation is 2. The van der Waals surface area contributed by atoms with Crippen LogP contribution in [0.2, 0.25) is 0 Å². The Balaban J connectivity index is 0.000000240. The van der Waals surface area contributed by atoms with Crippen molar-refractivity contribution in [1.82, 2.24) is 0 Å². The number of hydrogen-bond donors (Lipinski definition) is 1. The van der Waals surface area contributed by atoms with Crippen molar-refractivity contribution < 1.29 is 44.6 Å². The fourth-order valence-electron chi connectivity index (χ4n) is 3.73. The summed E-state index contributed by atoms with van der Waals surface area (Å²) >= 11 is 0. The second kappa shape index (κ2) is 14.7. The number of rotatable bonds is 10. The van der Waals surface area contributed by atoms with Gasteiger partial charge in [-0.1, -0.05) is 26.0 Å². The van der Waals surface area contributed by atoms with Gasteiger partial charge in [0.1, 0.15) is 0 Å². The maximum atomic E-state index is 14.0. The molecule has 0 heterocycles. The number of nitrogens with two attached hydrogens (primary N) is 1. The average molecular weight is 670 g/mol. The fraction of sp³-hybridized carbons (Fsp3) is 0.200. The van der Waals surface area contributed by atoms with Crippen LogP contribution in [0.1, 0.15) is 25.0 Å². The van der Waals surface area contributed by atoms with Crippen LogP contribution in [0, 0.1) is 11.6 Å². The normalized spacial score (nSPS) is 11.3. The zero-order valence-electron chi connectivity index (χ0n) is 24.1. The second-order valence-corrected chi connectivity index (χ2v) is 13.2. The van der Waals surface area contributed by atoms with Crippen LogP contribution in [0.4, 0.5) is 8.78 Å². The molecule has 2 N–H and O–H groups in total. The first-order valence-corrected chi connectivity index (χ1v) is 16.8. The summed E-state index contributed by atoms with van der Waals surface area (Å²) in [5.74, 6) is -0.290. The van der Waals surface area contributed by atoms with Crippen molar-refractivity contribution in [2.45, 2.75) is 36.5 Å². The molecular weight excluding hydrogens is 640 g/mol. The second-order valence-electron chi connectivity index (χ2n) is 9.05. The minimum absolute atomic E-state index is 0.116. The highest BCUT2D eigenvalue weighted by atomic mass is 35.7. The zero-order chi connectivity index (χ0) is 32.7. The molecule has 0 unspecified atom stereocenters. The molecule has 0 fully saturated rings. The molecule has 9 nitrogen and oxygen atoms in total. The van der Waals surface area contributed by atoms with Crippen LogP contribution < -0.4 is 24.1 Å². The van der Waals surface area contributed by atoms with Crippen LogP contribution in [0.3, 0.4) is 0 Å². The van der Waals surface area contributed by atoms with Crippen LogP contribution >= 0.6 is 10.7 Å². The number of primary sulfonamides is 1. The molecule has 0 saturated carbocycles. The Morgan fingerprint density at radius 2 is 1.00 bits per heavy atom. The smallest absolute Gasteiger partial charge is 0.261 e. The summed E-state index contributed by atoms with van der Waals surface area (Å²) in [5, 5.41) is 4.95. The zero-order valence-corrected chi connectivity index (χ0v) is 26.5. The topological polar surface area (TPSA) is 131 Å². The predicted molar refractivity (Wildman–Crippen MR) is 162 cm³/mol. The molecule has 0 saturated heterocycles. The van der Waals surface area contributed by atoms with Gasteiger partial charge in [0.25, 0.3) is 9.05 Å². The third kappa shape index (κ3) is 9.05. The van der Waals surface area contributed by atoms with Crippen LogP contribution in [-0.2, 0) is 31.9 Å². The molecule has 0 aromatic heterocycles. The molecule has 0 spiro atoms. The van der Waals surface area contributed by atoms with Gasteiger partial charge in [-0.3, -0.25) is 0 Å². The molecule has 0 bridgehead atoms. The molecule has 0 atom stereocenters. The lowest BCUT2D eigenvalue weighted by Gasteiger charge is -2.12. The van der Waals surface area contributed by atoms with Crippen molar-refractivity contribution in [1.29, 1.82) is 0 Å². The highest BCUT2D eigenvalue weighted by Gasteiger charge is 2.17. The number of ether oxygens (including phenoxy) is 4. The van der Waals surface area contributed by atoms with E-state index in [0.717, 1.165) is 36.1 Å². The minimum atomic E-state index is -3.98. The maximum absolute atomic E-state index is 14.0. The molecule has 44 heavy (non-hydrogen) atoms. The lowest BCUT2D eigenvalue weighted by atomic mass is 10.1. The van der Waals surface area contributed by atoms with Gasteiger partial charge in [0.05, 0.1) is 24.0 Å². The molecule has 4 aromatic rings. The van der Waals surface area contributed by atoms with Gasteiger partial charge in [0.15, 0.2) is 46.1 Å². The Morgan fingerprint density at radius 1 is 0.614 bits per heavy atom. The van der Waals surface area contributed by atoms with E-state index in [1.165, 1.54) is 38.5 Å². The molecule has 0 aliphatic carbocycles. The van der Waals surface area contributed by atoms with Crippen LogP contribution in [0.15, 0.2) is 82.6 Å². The summed E-state index contributed by atoms with van der Waals surface area (Å²) in [6.45, 7) is 4.00. The summed E-state index contributed by atoms with van der Waals surface area (Å²) in [4.78, 5) is -0.641. The Hall–Kier alpha value is -3.91. The van der Waals surface area contributed by atoms with Crippen molar-refractivity contribution in [3.63, 3.8) is 0 Å². The highest BCUT2D eigenvalue weighted by molar-refractivity contribution is 8.13. The Morgan fingerprint density at radius 3 is 1.34 bits per heavy atom. The van der Waals surface area contributed by atoms with Gasteiger partial charge >= 0.3 is 0 Å². The van der Waals surface area contributed by atoms with Crippen molar-refractivity contribution in [3.8, 4) is 34.5 Å². The van der Waals surface area contributed by atoms with Crippen molar-refractivity contribution in [3.05, 3.63) is 95.6 Å². The molecule has 0 aliphatic rings. The van der Waals surface area contributed by atoms with Gasteiger partial charge in [0.2, 0.25) is 10.0 Å². The van der Waals surface area contributed by atoms with Gasteiger partial charge in [0, 0.05) is 10.7 Å². The van der Waals surface area contributed by atoms with E-state index in [1.807, 2.05) is 26.0 Å². The SMILES string of the molecule is CCc1ccc(Oc2ccc(S(=O)(=O)Cl)cc2F)c(OC)c1.CCc1ccc(Oc2ccc(S(N)(=O)=O)cc2F)c(OC)c1. The average Bonchev–Trinajstić information content (AvgIpc) is 2.98. The summed E-state index contributed by atoms with van der Waals surface area (Å²) < 4.78 is 94.0. The molecule has 4 aromatic carbocycles. The maximum Gasteiger partial charge on any atom is 0.261 e. The van der Waals surface area contributed by atoms with E-state index in [4.69, 9.17) is 34.8 Å². The van der Waals surface area contributed by atoms with E-state index in [1.54, 1.807) is 24.3 Å². The lowest BCUT2D eigenvalue weighted by molar-refractivity contribution is 0.370. The van der Waals surface area contributed by atoms with Crippen molar-refractivity contribution in [2.75, 3.05) is 14.2 Å². The van der Waals surface area contributed by atoms with E-state index >= 15 is 0 Å². The first kappa shape index (κ1) is 34.6. The monoisotopic (exact) mass is 669 g/mol. The quantitative estimate of drug-likeness (QED) is 0.180. The standard InChI is InChI=1S/C15H14ClFO4S.C15H16FNO4S/c1-3-10-4-6-14(15(8-10)20-2)21-13-7-5-11(9-12(13)17)22(16,18)19;1-3-10-4-6-14(15(8-10)20-2)21-13-7-5-11(9-12(13)16)22(17,18)19/h4-9H,3H2,1-2H3;4-9H,3H2,1-2H3,(H2,17,18,19). The third-order valence-corrected chi connectivity index (χ3v) is 8.39. The van der Waals surface area contributed by atoms with Gasteiger partial charge in [-0.2, -0.15) is 0 Å². The van der Waals surface area contributed by atoms with Gasteiger partial charge in [-0.15, -0.1) is 0 Å². The molecule has 14 heteroatoms. The number of methoxy groups -OCH3 is 2. The summed E-state index contributed by atoms with van der Waals surface area (Å²) in [5.41, 5.74) is 2.10. The van der Waals surface area contributed by atoms with Crippen molar-refractivity contribution >= 4 is 29.8 Å². The number of halogens is 3. The summed E-state index contributed by atoms with van der Waals surface area (Å²) in [6, 6.07) is 17.0. The van der Waals surface area contributed by atoms with Crippen LogP contribution in [0.5, 0.6) is 34.5 Å². The number of benzene rings is 4. The Kier molecular flexibility index (Phi) is 11.6.